The van der Waals surface area contributed by atoms with Crippen LogP contribution >= 0.6 is 23.2 Å². The van der Waals surface area contributed by atoms with Crippen molar-refractivity contribution < 1.29 is 49.6 Å². The molecule has 5 rings (SSSR count). The van der Waals surface area contributed by atoms with Crippen molar-refractivity contribution in [3.63, 3.8) is 0 Å². The molecule has 1 heterocycles. The number of rotatable bonds is 22. The molecule has 14 heteroatoms. The van der Waals surface area contributed by atoms with Gasteiger partial charge in [0, 0.05) is 60.2 Å². The number of aliphatic hydroxyl groups is 6. The third-order valence-corrected chi connectivity index (χ3v) is 10.4. The van der Waals surface area contributed by atoms with Crippen molar-refractivity contribution in [2.45, 2.75) is 100 Å². The number of halogens is 2. The molecule has 0 aliphatic heterocycles. The van der Waals surface area contributed by atoms with Gasteiger partial charge >= 0.3 is 0 Å². The van der Waals surface area contributed by atoms with Crippen LogP contribution in [0.1, 0.15) is 61.6 Å². The first kappa shape index (κ1) is 41.3. The number of carbonyl (C=O) groups excluding carboxylic acids is 1. The van der Waals surface area contributed by atoms with E-state index in [1.165, 1.54) is 12.0 Å². The molecule has 2 aliphatic carbocycles. The Kier molecular flexibility index (Phi) is 14.9. The zero-order valence-corrected chi connectivity index (χ0v) is 31.3. The smallest absolute Gasteiger partial charge is 0.222 e. The Labute approximate surface area is 319 Å². The van der Waals surface area contributed by atoms with Crippen LogP contribution in [0.25, 0.3) is 11.1 Å². The summed E-state index contributed by atoms with van der Waals surface area (Å²) in [6.07, 6.45) is 1.31. The highest BCUT2D eigenvalue weighted by molar-refractivity contribution is 6.34. The predicted octanol–water partition coefficient (Wildman–Crippen LogP) is 3.79. The summed E-state index contributed by atoms with van der Waals surface area (Å²) in [5.41, 5.74) is 4.13. The van der Waals surface area contributed by atoms with Gasteiger partial charge in [0.2, 0.25) is 5.91 Å². The Morgan fingerprint density at radius 3 is 2.34 bits per heavy atom. The molecule has 5 unspecified atom stereocenters. The highest BCUT2D eigenvalue weighted by Crippen LogP contribution is 2.53. The van der Waals surface area contributed by atoms with E-state index in [4.69, 9.17) is 42.5 Å². The van der Waals surface area contributed by atoms with Crippen molar-refractivity contribution in [3.8, 4) is 16.9 Å². The quantitative estimate of drug-likeness (QED) is 0.0818. The number of methoxy groups -OCH3 is 1. The fourth-order valence-electron chi connectivity index (χ4n) is 6.33. The molecule has 0 bridgehead atoms. The first-order valence-corrected chi connectivity index (χ1v) is 18.8. The SMILES string of the molecule is COCC(O)CN(CC(O)C(O)C(O)C(O)CO)C(=O)CCCCc1cc(Cl)c(COC2(c3cnccc3-c3ccccc3OC3CC3)CC2)cc1Cl. The fraction of sp³-hybridized carbons (Fsp3) is 0.538. The summed E-state index contributed by atoms with van der Waals surface area (Å²) in [6, 6.07) is 13.7. The molecule has 1 amide bonds. The topological polar surface area (TPSA) is 182 Å². The lowest BCUT2D eigenvalue weighted by atomic mass is 9.96. The minimum atomic E-state index is -1.84. The van der Waals surface area contributed by atoms with Gasteiger partial charge in [-0.25, -0.2) is 0 Å². The Morgan fingerprint density at radius 1 is 0.943 bits per heavy atom. The maximum Gasteiger partial charge on any atom is 0.222 e. The Bertz CT molecular complexity index is 1660. The van der Waals surface area contributed by atoms with Crippen LogP contribution in [-0.4, -0.2) is 116 Å². The zero-order chi connectivity index (χ0) is 38.1. The van der Waals surface area contributed by atoms with Crippen molar-refractivity contribution in [2.75, 3.05) is 33.4 Å². The molecule has 2 saturated carbocycles. The zero-order valence-electron chi connectivity index (χ0n) is 29.8. The lowest BCUT2D eigenvalue weighted by Gasteiger charge is -2.31. The van der Waals surface area contributed by atoms with E-state index in [9.17, 15) is 30.3 Å². The van der Waals surface area contributed by atoms with Crippen LogP contribution in [0.3, 0.4) is 0 Å². The van der Waals surface area contributed by atoms with Gasteiger partial charge in [0.25, 0.3) is 0 Å². The molecule has 2 aliphatic rings. The van der Waals surface area contributed by atoms with Crippen LogP contribution in [0.15, 0.2) is 54.9 Å². The maximum atomic E-state index is 13.2. The van der Waals surface area contributed by atoms with Crippen LogP contribution < -0.4 is 4.74 Å². The van der Waals surface area contributed by atoms with Crippen LogP contribution in [0.4, 0.5) is 0 Å². The van der Waals surface area contributed by atoms with E-state index < -0.39 is 55.2 Å². The van der Waals surface area contributed by atoms with Gasteiger partial charge in [-0.2, -0.15) is 0 Å². The standard InChI is InChI=1S/C39H50Cl2N2O10/c1-51-23-26(45)19-43(20-33(46)37(49)38(50)34(47)21-44)36(48)9-5-2-6-24-16-32(41)25(17-31(24)40)22-52-39(13-14-39)30-18-42-15-12-28(30)29-7-3-4-8-35(29)53-27-10-11-27/h3-4,7-8,12,15-18,26-27,33-34,37-38,44-47,49-50H,2,5-6,9-11,13-14,19-23H2,1H3. The summed E-state index contributed by atoms with van der Waals surface area (Å²) in [6.45, 7) is -1.25. The van der Waals surface area contributed by atoms with Gasteiger partial charge in [-0.1, -0.05) is 41.4 Å². The van der Waals surface area contributed by atoms with Crippen molar-refractivity contribution in [3.05, 3.63) is 81.6 Å². The second kappa shape index (κ2) is 19.1. The number of hydrogen-bond donors (Lipinski definition) is 6. The first-order chi connectivity index (χ1) is 25.5. The number of aryl methyl sites for hydroxylation is 1. The number of aliphatic hydroxyl groups excluding tert-OH is 6. The van der Waals surface area contributed by atoms with E-state index in [-0.39, 0.29) is 32.3 Å². The van der Waals surface area contributed by atoms with Crippen LogP contribution in [0.5, 0.6) is 5.75 Å². The maximum absolute atomic E-state index is 13.2. The summed E-state index contributed by atoms with van der Waals surface area (Å²) >= 11 is 13.5. The van der Waals surface area contributed by atoms with Crippen LogP contribution in [-0.2, 0) is 32.9 Å². The van der Waals surface area contributed by atoms with Crippen LogP contribution in [0, 0.1) is 0 Å². The Hall–Kier alpha value is -2.88. The minimum Gasteiger partial charge on any atom is -0.490 e. The molecule has 2 fully saturated rings. The van der Waals surface area contributed by atoms with Gasteiger partial charge in [-0.15, -0.1) is 0 Å². The summed E-state index contributed by atoms with van der Waals surface area (Å²) in [5, 5.41) is 60.7. The molecule has 3 aromatic rings. The van der Waals surface area contributed by atoms with Crippen molar-refractivity contribution in [1.29, 1.82) is 0 Å². The number of nitrogens with zero attached hydrogens (tertiary/aromatic N) is 2. The molecular formula is C39H50Cl2N2O10. The molecule has 0 spiro atoms. The van der Waals surface area contributed by atoms with Crippen molar-refractivity contribution in [1.82, 2.24) is 9.88 Å². The summed E-state index contributed by atoms with van der Waals surface area (Å²) in [4.78, 5) is 18.8. The van der Waals surface area contributed by atoms with Crippen molar-refractivity contribution >= 4 is 29.1 Å². The number of benzene rings is 2. The largest absolute Gasteiger partial charge is 0.490 e. The van der Waals surface area contributed by atoms with E-state index in [2.05, 4.69) is 11.1 Å². The fourth-order valence-corrected chi connectivity index (χ4v) is 6.85. The Balaban J connectivity index is 1.16. The highest BCUT2D eigenvalue weighted by Gasteiger charge is 2.48. The molecule has 290 valence electrons. The van der Waals surface area contributed by atoms with Crippen molar-refractivity contribution in [2.24, 2.45) is 0 Å². The third-order valence-electron chi connectivity index (χ3n) is 9.69. The minimum absolute atomic E-state index is 0.0651. The molecule has 1 aromatic heterocycles. The molecule has 0 saturated heterocycles. The Morgan fingerprint density at radius 2 is 1.64 bits per heavy atom. The number of amides is 1. The first-order valence-electron chi connectivity index (χ1n) is 18.1. The molecule has 53 heavy (non-hydrogen) atoms. The average Bonchev–Trinajstić information content (AvgIpc) is 4.10. The lowest BCUT2D eigenvalue weighted by Crippen LogP contribution is -2.51. The number of unbranched alkanes of at least 4 members (excludes halogenated alkanes) is 1. The number of hydrogen-bond acceptors (Lipinski definition) is 11. The molecule has 12 nitrogen and oxygen atoms in total. The average molecular weight is 778 g/mol. The number of ether oxygens (including phenoxy) is 3. The molecule has 6 N–H and O–H groups in total. The lowest BCUT2D eigenvalue weighted by molar-refractivity contribution is -0.142. The number of aromatic nitrogens is 1. The number of para-hydroxylation sites is 1. The summed E-state index contributed by atoms with van der Waals surface area (Å²) in [5.74, 6) is 0.461. The highest BCUT2D eigenvalue weighted by atomic mass is 35.5. The van der Waals surface area contributed by atoms with Gasteiger partial charge < -0.3 is 49.7 Å². The third kappa shape index (κ3) is 11.1. The van der Waals surface area contributed by atoms with Gasteiger partial charge in [0.15, 0.2) is 0 Å². The number of pyridine rings is 1. The van der Waals surface area contributed by atoms with Gasteiger partial charge in [0.05, 0.1) is 37.6 Å². The number of carbonyl (C=O) groups is 1. The summed E-state index contributed by atoms with van der Waals surface area (Å²) in [7, 11) is 1.39. The normalized spacial score (nSPS) is 17.8. The monoisotopic (exact) mass is 776 g/mol. The van der Waals surface area contributed by atoms with E-state index in [1.807, 2.05) is 42.6 Å². The van der Waals surface area contributed by atoms with Gasteiger partial charge in [-0.05, 0) is 85.9 Å². The van der Waals surface area contributed by atoms with Crippen LogP contribution in [0.2, 0.25) is 10.0 Å². The molecule has 2 aromatic carbocycles. The van der Waals surface area contributed by atoms with E-state index >= 15 is 0 Å². The second-order valence-corrected chi connectivity index (χ2v) is 14.8. The molecular weight excluding hydrogens is 727 g/mol. The van der Waals surface area contributed by atoms with E-state index in [1.54, 1.807) is 6.20 Å². The van der Waals surface area contributed by atoms with E-state index in [0.29, 0.717) is 29.3 Å². The van der Waals surface area contributed by atoms with E-state index in [0.717, 1.165) is 59.3 Å². The summed E-state index contributed by atoms with van der Waals surface area (Å²) < 4.78 is 17.8. The molecule has 0 radical (unpaired) electrons. The molecule has 5 atom stereocenters. The predicted molar refractivity (Wildman–Crippen MR) is 199 cm³/mol. The van der Waals surface area contributed by atoms with Gasteiger partial charge in [-0.3, -0.25) is 9.78 Å². The second-order valence-electron chi connectivity index (χ2n) is 14.0. The van der Waals surface area contributed by atoms with Gasteiger partial charge in [0.1, 0.15) is 30.2 Å².